The van der Waals surface area contributed by atoms with E-state index in [9.17, 15) is 4.79 Å². The van der Waals surface area contributed by atoms with Crippen molar-refractivity contribution in [2.75, 3.05) is 19.8 Å². The number of aliphatic carboxylic acids is 1. The first kappa shape index (κ1) is 9.02. The summed E-state index contributed by atoms with van der Waals surface area (Å²) in [5, 5.41) is 8.63. The quantitative estimate of drug-likeness (QED) is 0.621. The van der Waals surface area contributed by atoms with E-state index in [1.165, 1.54) is 0 Å². The van der Waals surface area contributed by atoms with Crippen LogP contribution in [-0.4, -0.2) is 30.9 Å². The zero-order valence-electron chi connectivity index (χ0n) is 6.79. The molecule has 0 fully saturated rings. The molecular formula is C7H11NO4. The van der Waals surface area contributed by atoms with Crippen LogP contribution in [-0.2, 0) is 14.4 Å². The first-order valence-corrected chi connectivity index (χ1v) is 3.66. The normalized spacial score (nSPS) is 16.4. The molecule has 0 spiro atoms. The van der Waals surface area contributed by atoms with Crippen molar-refractivity contribution in [3.8, 4) is 0 Å². The third-order valence-corrected chi connectivity index (χ3v) is 1.47. The van der Waals surface area contributed by atoms with Gasteiger partial charge in [0.1, 0.15) is 12.3 Å². The van der Waals surface area contributed by atoms with Gasteiger partial charge in [-0.2, -0.15) is 0 Å². The summed E-state index contributed by atoms with van der Waals surface area (Å²) in [4.78, 5) is 15.3. The number of carboxylic acids is 1. The van der Waals surface area contributed by atoms with Gasteiger partial charge in [0.15, 0.2) is 0 Å². The molecule has 1 rings (SSSR count). The van der Waals surface area contributed by atoms with Crippen molar-refractivity contribution in [3.63, 3.8) is 0 Å². The van der Waals surface area contributed by atoms with Crippen LogP contribution >= 0.6 is 0 Å². The molecule has 5 heteroatoms. The highest BCUT2D eigenvalue weighted by molar-refractivity contribution is 5.87. The Balaban J connectivity index is 2.57. The monoisotopic (exact) mass is 173 g/mol. The molecular weight excluding hydrogens is 162 g/mol. The molecule has 1 heterocycles. The lowest BCUT2D eigenvalue weighted by molar-refractivity contribution is -0.134. The van der Waals surface area contributed by atoms with E-state index in [1.807, 2.05) is 6.92 Å². The van der Waals surface area contributed by atoms with Crippen LogP contribution in [0.1, 0.15) is 6.92 Å². The van der Waals surface area contributed by atoms with E-state index in [2.05, 4.69) is 5.48 Å². The Kier molecular flexibility index (Phi) is 3.07. The number of hydrogen-bond acceptors (Lipinski definition) is 4. The number of carbonyl (C=O) groups is 1. The molecule has 0 aromatic carbocycles. The van der Waals surface area contributed by atoms with Crippen LogP contribution in [0.25, 0.3) is 0 Å². The van der Waals surface area contributed by atoms with E-state index in [1.54, 1.807) is 0 Å². The van der Waals surface area contributed by atoms with Crippen LogP contribution in [0, 0.1) is 0 Å². The standard InChI is InChI=1S/C7H11NO4/c1-2-11-3-5-4-12-8-6(5)7(9)10/h8H,2-4H2,1H3,(H,9,10). The van der Waals surface area contributed by atoms with Crippen molar-refractivity contribution in [3.05, 3.63) is 11.3 Å². The minimum atomic E-state index is -1.01. The van der Waals surface area contributed by atoms with Crippen LogP contribution in [0.4, 0.5) is 0 Å². The summed E-state index contributed by atoms with van der Waals surface area (Å²) in [6.07, 6.45) is 0. The SMILES string of the molecule is CCOCC1=C(C(=O)O)NOC1. The molecule has 0 radical (unpaired) electrons. The minimum absolute atomic E-state index is 0.100. The second-order valence-electron chi connectivity index (χ2n) is 2.31. The van der Waals surface area contributed by atoms with Gasteiger partial charge in [-0.3, -0.25) is 10.3 Å². The number of hydroxylamine groups is 1. The van der Waals surface area contributed by atoms with Gasteiger partial charge in [-0.1, -0.05) is 0 Å². The van der Waals surface area contributed by atoms with Crippen molar-refractivity contribution in [1.29, 1.82) is 0 Å². The van der Waals surface area contributed by atoms with Gasteiger partial charge in [0.05, 0.1) is 6.61 Å². The number of hydrogen-bond donors (Lipinski definition) is 2. The van der Waals surface area contributed by atoms with Gasteiger partial charge < -0.3 is 9.84 Å². The fourth-order valence-corrected chi connectivity index (χ4v) is 0.874. The second-order valence-corrected chi connectivity index (χ2v) is 2.31. The van der Waals surface area contributed by atoms with Crippen molar-refractivity contribution >= 4 is 5.97 Å². The lowest BCUT2D eigenvalue weighted by Gasteiger charge is -2.00. The van der Waals surface area contributed by atoms with Crippen molar-refractivity contribution in [2.24, 2.45) is 0 Å². The Morgan fingerprint density at radius 3 is 3.17 bits per heavy atom. The first-order valence-electron chi connectivity index (χ1n) is 3.66. The molecule has 0 saturated heterocycles. The Morgan fingerprint density at radius 1 is 1.83 bits per heavy atom. The van der Waals surface area contributed by atoms with E-state index < -0.39 is 5.97 Å². The summed E-state index contributed by atoms with van der Waals surface area (Å²) >= 11 is 0. The highest BCUT2D eigenvalue weighted by Crippen LogP contribution is 2.09. The maximum atomic E-state index is 10.5. The first-order chi connectivity index (χ1) is 5.75. The van der Waals surface area contributed by atoms with Gasteiger partial charge in [0.2, 0.25) is 0 Å². The van der Waals surface area contributed by atoms with Crippen LogP contribution < -0.4 is 5.48 Å². The van der Waals surface area contributed by atoms with Gasteiger partial charge in [0, 0.05) is 12.2 Å². The van der Waals surface area contributed by atoms with Gasteiger partial charge >= 0.3 is 5.97 Å². The molecule has 0 saturated carbocycles. The van der Waals surface area contributed by atoms with Crippen LogP contribution in [0.15, 0.2) is 11.3 Å². The zero-order valence-corrected chi connectivity index (χ0v) is 6.79. The molecule has 68 valence electrons. The molecule has 0 unspecified atom stereocenters. The third kappa shape index (κ3) is 1.96. The highest BCUT2D eigenvalue weighted by Gasteiger charge is 2.20. The molecule has 0 amide bonds. The summed E-state index contributed by atoms with van der Waals surface area (Å²) in [6.45, 7) is 3.01. The summed E-state index contributed by atoms with van der Waals surface area (Å²) in [7, 11) is 0. The Hall–Kier alpha value is -1.07. The largest absolute Gasteiger partial charge is 0.477 e. The number of ether oxygens (including phenoxy) is 1. The Bertz CT molecular complexity index is 211. The molecule has 1 aliphatic heterocycles. The van der Waals surface area contributed by atoms with Gasteiger partial charge in [0.25, 0.3) is 0 Å². The van der Waals surface area contributed by atoms with Crippen LogP contribution in [0.3, 0.4) is 0 Å². The molecule has 0 aromatic rings. The minimum Gasteiger partial charge on any atom is -0.477 e. The number of carboxylic acid groups (broad SMARTS) is 1. The lowest BCUT2D eigenvalue weighted by atomic mass is 10.2. The number of nitrogens with one attached hydrogen (secondary N) is 1. The lowest BCUT2D eigenvalue weighted by Crippen LogP contribution is -2.15. The molecule has 2 N–H and O–H groups in total. The van der Waals surface area contributed by atoms with Gasteiger partial charge in [-0.25, -0.2) is 4.79 Å². The van der Waals surface area contributed by atoms with Gasteiger partial charge in [-0.15, -0.1) is 0 Å². The van der Waals surface area contributed by atoms with Crippen LogP contribution in [0.5, 0.6) is 0 Å². The van der Waals surface area contributed by atoms with E-state index >= 15 is 0 Å². The average molecular weight is 173 g/mol. The van der Waals surface area contributed by atoms with E-state index in [-0.39, 0.29) is 12.3 Å². The Morgan fingerprint density at radius 2 is 2.58 bits per heavy atom. The van der Waals surface area contributed by atoms with E-state index in [4.69, 9.17) is 14.7 Å². The summed E-state index contributed by atoms with van der Waals surface area (Å²) in [5.41, 5.74) is 3.06. The molecule has 0 aromatic heterocycles. The third-order valence-electron chi connectivity index (χ3n) is 1.47. The maximum Gasteiger partial charge on any atom is 0.354 e. The smallest absolute Gasteiger partial charge is 0.354 e. The molecule has 5 nitrogen and oxygen atoms in total. The fourth-order valence-electron chi connectivity index (χ4n) is 0.874. The topological polar surface area (TPSA) is 67.8 Å². The highest BCUT2D eigenvalue weighted by atomic mass is 16.7. The average Bonchev–Trinajstić information content (AvgIpc) is 2.48. The summed E-state index contributed by atoms with van der Waals surface area (Å²) in [6, 6.07) is 0. The van der Waals surface area contributed by atoms with Gasteiger partial charge in [-0.05, 0) is 6.92 Å². The second kappa shape index (κ2) is 4.08. The van der Waals surface area contributed by atoms with E-state index in [0.717, 1.165) is 0 Å². The predicted octanol–water partition coefficient (Wildman–Crippen LogP) is -0.104. The molecule has 0 bridgehead atoms. The Labute approximate surface area is 69.9 Å². The molecule has 12 heavy (non-hydrogen) atoms. The van der Waals surface area contributed by atoms with E-state index in [0.29, 0.717) is 18.8 Å². The zero-order chi connectivity index (χ0) is 8.97. The van der Waals surface area contributed by atoms with Crippen LogP contribution in [0.2, 0.25) is 0 Å². The van der Waals surface area contributed by atoms with Crippen molar-refractivity contribution in [1.82, 2.24) is 5.48 Å². The molecule has 0 aliphatic carbocycles. The summed E-state index contributed by atoms with van der Waals surface area (Å²) in [5.74, 6) is -1.01. The number of rotatable bonds is 4. The fraction of sp³-hybridized carbons (Fsp3) is 0.571. The molecule has 0 atom stereocenters. The van der Waals surface area contributed by atoms with Crippen molar-refractivity contribution < 1.29 is 19.5 Å². The molecule has 1 aliphatic rings. The summed E-state index contributed by atoms with van der Waals surface area (Å²) < 4.78 is 5.06. The maximum absolute atomic E-state index is 10.5. The van der Waals surface area contributed by atoms with Crippen molar-refractivity contribution in [2.45, 2.75) is 6.92 Å². The predicted molar refractivity (Wildman–Crippen MR) is 40.2 cm³/mol.